The van der Waals surface area contributed by atoms with Crippen molar-refractivity contribution >= 4 is 45.9 Å². The number of benzene rings is 1. The summed E-state index contributed by atoms with van der Waals surface area (Å²) in [4.78, 5) is 5.86. The Morgan fingerprint density at radius 1 is 1.24 bits per heavy atom. The highest BCUT2D eigenvalue weighted by Crippen LogP contribution is 2.56. The average Bonchev–Trinajstić information content (AvgIpc) is 2.87. The quantitative estimate of drug-likeness (QED) is 0.653. The molecule has 0 aromatic heterocycles. The van der Waals surface area contributed by atoms with Gasteiger partial charge in [-0.1, -0.05) is 25.1 Å². The summed E-state index contributed by atoms with van der Waals surface area (Å²) in [6.45, 7) is 2.16. The minimum atomic E-state index is 0.190. The topological polar surface area (TPSA) is 24.4 Å². The standard InChI is InChI=1S/C12H12N2S3/c1-2-10-14-12-8-11(16-17(12)15-10)13-9-6-4-3-5-7-9/h3-8,13H,2H2,1H3. The largest absolute Gasteiger partial charge is 0.349 e. The van der Waals surface area contributed by atoms with Crippen LogP contribution < -0.4 is 5.32 Å². The number of aliphatic imine (C=N–C) groups is 1. The summed E-state index contributed by atoms with van der Waals surface area (Å²) >= 11 is 0. The first kappa shape index (κ1) is 11.4. The molecule has 17 heavy (non-hydrogen) atoms. The Balaban J connectivity index is 1.72. The fraction of sp³-hybridized carbons (Fsp3) is 0.167. The summed E-state index contributed by atoms with van der Waals surface area (Å²) in [5.41, 5.74) is 1.14. The van der Waals surface area contributed by atoms with Crippen LogP contribution in [0.25, 0.3) is 0 Å². The summed E-state index contributed by atoms with van der Waals surface area (Å²) in [7, 11) is 3.98. The van der Waals surface area contributed by atoms with Gasteiger partial charge in [0.2, 0.25) is 0 Å². The Morgan fingerprint density at radius 2 is 2.06 bits per heavy atom. The van der Waals surface area contributed by atoms with Crippen molar-refractivity contribution < 1.29 is 0 Å². The minimum absolute atomic E-state index is 0.190. The zero-order valence-corrected chi connectivity index (χ0v) is 11.8. The van der Waals surface area contributed by atoms with Gasteiger partial charge in [-0.15, -0.1) is 0 Å². The van der Waals surface area contributed by atoms with Crippen LogP contribution in [-0.2, 0) is 0 Å². The van der Waals surface area contributed by atoms with Gasteiger partial charge in [-0.05, 0) is 48.7 Å². The molecule has 1 atom stereocenters. The lowest BCUT2D eigenvalue weighted by Gasteiger charge is -2.07. The summed E-state index contributed by atoms with van der Waals surface area (Å²) in [5.74, 6) is 0. The van der Waals surface area contributed by atoms with Crippen LogP contribution in [0.3, 0.4) is 0 Å². The van der Waals surface area contributed by atoms with Crippen LogP contribution in [-0.4, -0.2) is 10.0 Å². The molecule has 0 radical (unpaired) electrons. The molecule has 0 saturated carbocycles. The number of anilines is 1. The number of nitrogens with one attached hydrogen (secondary N) is 1. The van der Waals surface area contributed by atoms with Crippen LogP contribution in [0.4, 0.5) is 5.69 Å². The number of nitrogens with zero attached hydrogens (tertiary/aromatic N) is 1. The molecule has 1 aromatic rings. The minimum Gasteiger partial charge on any atom is -0.349 e. The first-order valence-electron chi connectivity index (χ1n) is 5.44. The highest BCUT2D eigenvalue weighted by Gasteiger charge is 2.23. The van der Waals surface area contributed by atoms with Gasteiger partial charge in [-0.3, -0.25) is 0 Å². The number of rotatable bonds is 3. The number of hydrogen-bond donors (Lipinski definition) is 1. The second-order valence-electron chi connectivity index (χ2n) is 3.60. The molecule has 0 bridgehead atoms. The summed E-state index contributed by atoms with van der Waals surface area (Å²) in [6, 6.07) is 10.3. The fourth-order valence-electron chi connectivity index (χ4n) is 1.53. The second kappa shape index (κ2) is 4.92. The molecule has 0 fully saturated rings. The van der Waals surface area contributed by atoms with Gasteiger partial charge < -0.3 is 5.32 Å². The van der Waals surface area contributed by atoms with E-state index in [1.165, 1.54) is 15.1 Å². The van der Waals surface area contributed by atoms with E-state index < -0.39 is 0 Å². The van der Waals surface area contributed by atoms with Gasteiger partial charge in [0.05, 0.1) is 10.1 Å². The maximum atomic E-state index is 4.63. The third-order valence-electron chi connectivity index (χ3n) is 2.34. The van der Waals surface area contributed by atoms with Crippen LogP contribution >= 0.6 is 30.1 Å². The van der Waals surface area contributed by atoms with Crippen LogP contribution in [0.5, 0.6) is 0 Å². The van der Waals surface area contributed by atoms with Gasteiger partial charge in [0.15, 0.2) is 0 Å². The van der Waals surface area contributed by atoms with E-state index in [-0.39, 0.29) is 8.55 Å². The molecule has 1 aromatic carbocycles. The summed E-state index contributed by atoms with van der Waals surface area (Å²) in [6.07, 6.45) is 3.23. The fourth-order valence-corrected chi connectivity index (χ4v) is 7.72. The molecule has 2 nitrogen and oxygen atoms in total. The third-order valence-corrected chi connectivity index (χ3v) is 8.44. The smallest absolute Gasteiger partial charge is 0.110 e. The van der Waals surface area contributed by atoms with Gasteiger partial charge >= 0.3 is 0 Å². The third kappa shape index (κ3) is 2.46. The molecule has 0 aliphatic carbocycles. The van der Waals surface area contributed by atoms with Crippen molar-refractivity contribution in [1.29, 1.82) is 0 Å². The summed E-state index contributed by atoms with van der Waals surface area (Å²) in [5, 5.41) is 5.91. The van der Waals surface area contributed by atoms with Crippen molar-refractivity contribution in [2.75, 3.05) is 5.32 Å². The number of hydrogen-bond acceptors (Lipinski definition) is 4. The van der Waals surface area contributed by atoms with Crippen LogP contribution in [0.15, 0.2) is 46.4 Å². The van der Waals surface area contributed by atoms with Crippen molar-refractivity contribution in [3.8, 4) is 0 Å². The van der Waals surface area contributed by atoms with E-state index in [2.05, 4.69) is 35.4 Å². The lowest BCUT2D eigenvalue weighted by molar-refractivity contribution is 1.32. The van der Waals surface area contributed by atoms with E-state index >= 15 is 0 Å². The van der Waals surface area contributed by atoms with E-state index in [1.807, 2.05) is 39.8 Å². The molecule has 2 heterocycles. The van der Waals surface area contributed by atoms with E-state index in [4.69, 9.17) is 0 Å². The SMILES string of the molecule is CCC1=NC2=S(SC(Nc3ccccc3)=C2)S1. The predicted molar refractivity (Wildman–Crippen MR) is 83.7 cm³/mol. The van der Waals surface area contributed by atoms with Gasteiger partial charge in [0.25, 0.3) is 0 Å². The Morgan fingerprint density at radius 3 is 2.76 bits per heavy atom. The van der Waals surface area contributed by atoms with Crippen molar-refractivity contribution in [1.82, 2.24) is 0 Å². The molecule has 0 spiro atoms. The lowest BCUT2D eigenvalue weighted by atomic mass is 10.3. The average molecular weight is 280 g/mol. The molecule has 3 rings (SSSR count). The zero-order valence-electron chi connectivity index (χ0n) is 9.34. The van der Waals surface area contributed by atoms with Crippen molar-refractivity contribution in [3.05, 3.63) is 41.4 Å². The molecule has 88 valence electrons. The molecule has 2 aliphatic heterocycles. The van der Waals surface area contributed by atoms with Crippen LogP contribution in [0.1, 0.15) is 13.3 Å². The van der Waals surface area contributed by atoms with Crippen molar-refractivity contribution in [2.45, 2.75) is 13.3 Å². The lowest BCUT2D eigenvalue weighted by Crippen LogP contribution is -1.95. The number of para-hydroxylation sites is 1. The van der Waals surface area contributed by atoms with Gasteiger partial charge in [-0.25, -0.2) is 4.99 Å². The predicted octanol–water partition coefficient (Wildman–Crippen LogP) is 4.47. The van der Waals surface area contributed by atoms with Gasteiger partial charge in [0, 0.05) is 11.8 Å². The molecule has 2 aliphatic rings. The van der Waals surface area contributed by atoms with Crippen LogP contribution in [0.2, 0.25) is 0 Å². The Bertz CT molecular complexity index is 532. The zero-order chi connectivity index (χ0) is 11.7. The molecule has 1 N–H and O–H groups in total. The van der Waals surface area contributed by atoms with E-state index in [0.29, 0.717) is 0 Å². The highest BCUT2D eigenvalue weighted by molar-refractivity contribution is 9.19. The second-order valence-corrected chi connectivity index (χ2v) is 9.36. The maximum absolute atomic E-state index is 4.63. The molecule has 1 unspecified atom stereocenters. The normalized spacial score (nSPS) is 22.2. The molecule has 5 heteroatoms. The van der Waals surface area contributed by atoms with E-state index in [1.54, 1.807) is 0 Å². The van der Waals surface area contributed by atoms with Crippen molar-refractivity contribution in [3.63, 3.8) is 0 Å². The highest BCUT2D eigenvalue weighted by atomic mass is 33.5. The maximum Gasteiger partial charge on any atom is 0.110 e. The van der Waals surface area contributed by atoms with Crippen molar-refractivity contribution in [2.24, 2.45) is 4.99 Å². The van der Waals surface area contributed by atoms with Crippen LogP contribution in [0, 0.1) is 0 Å². The first-order valence-corrected chi connectivity index (χ1v) is 9.33. The summed E-state index contributed by atoms with van der Waals surface area (Å²) < 4.78 is 0. The van der Waals surface area contributed by atoms with E-state index in [9.17, 15) is 0 Å². The van der Waals surface area contributed by atoms with E-state index in [0.717, 1.165) is 12.1 Å². The molecular weight excluding hydrogens is 268 g/mol. The molecule has 0 amide bonds. The molecule has 0 saturated heterocycles. The Hall–Kier alpha value is -0.650. The van der Waals surface area contributed by atoms with Gasteiger partial charge in [-0.2, -0.15) is 0 Å². The Labute approximate surface area is 111 Å². The Kier molecular flexibility index (Phi) is 3.31. The molecular formula is C12H12N2S3. The monoisotopic (exact) mass is 280 g/mol. The first-order chi connectivity index (χ1) is 8.35. The van der Waals surface area contributed by atoms with Gasteiger partial charge in [0.1, 0.15) is 4.99 Å².